The van der Waals surface area contributed by atoms with Gasteiger partial charge in [0.15, 0.2) is 9.84 Å². The Hall–Kier alpha value is -1.89. The van der Waals surface area contributed by atoms with Gasteiger partial charge in [0.1, 0.15) is 0 Å². The molecule has 0 spiro atoms. The summed E-state index contributed by atoms with van der Waals surface area (Å²) in [5.41, 5.74) is 6.74. The van der Waals surface area contributed by atoms with Gasteiger partial charge < -0.3 is 10.6 Å². The van der Waals surface area contributed by atoms with Crippen molar-refractivity contribution in [3.63, 3.8) is 0 Å². The van der Waals surface area contributed by atoms with E-state index in [0.29, 0.717) is 30.8 Å². The van der Waals surface area contributed by atoms with E-state index in [1.807, 2.05) is 0 Å². The van der Waals surface area contributed by atoms with Crippen LogP contribution >= 0.6 is 12.4 Å². The van der Waals surface area contributed by atoms with Gasteiger partial charge in [-0.2, -0.15) is 0 Å². The summed E-state index contributed by atoms with van der Waals surface area (Å²) in [5, 5.41) is 0. The molecular weight excluding hydrogens is 384 g/mol. The van der Waals surface area contributed by atoms with E-state index in [9.17, 15) is 13.2 Å². The van der Waals surface area contributed by atoms with E-state index in [0.717, 1.165) is 6.42 Å². The third-order valence-electron chi connectivity index (χ3n) is 5.03. The minimum absolute atomic E-state index is 0. The number of halogens is 1. The Labute approximate surface area is 166 Å². The highest BCUT2D eigenvalue weighted by atomic mass is 35.5. The van der Waals surface area contributed by atoms with Gasteiger partial charge in [0.2, 0.25) is 0 Å². The molecule has 0 saturated carbocycles. The highest BCUT2D eigenvalue weighted by molar-refractivity contribution is 7.90. The molecule has 1 fully saturated rings. The molecule has 5 nitrogen and oxygen atoms in total. The second kappa shape index (κ2) is 8.42. The molecule has 27 heavy (non-hydrogen) atoms. The molecule has 1 amide bonds. The molecular formula is C20H25ClN2O3S. The molecule has 0 bridgehead atoms. The molecule has 1 aliphatic rings. The molecule has 0 aromatic heterocycles. The summed E-state index contributed by atoms with van der Waals surface area (Å²) in [7, 11) is -3.51. The number of amides is 1. The number of benzene rings is 2. The third kappa shape index (κ3) is 4.69. The van der Waals surface area contributed by atoms with Crippen LogP contribution in [0.3, 0.4) is 0 Å². The minimum atomic E-state index is -3.51. The van der Waals surface area contributed by atoms with Gasteiger partial charge >= 0.3 is 0 Å². The smallest absolute Gasteiger partial charge is 0.254 e. The van der Waals surface area contributed by atoms with Gasteiger partial charge in [-0.15, -0.1) is 12.4 Å². The van der Waals surface area contributed by atoms with Gasteiger partial charge in [-0.3, -0.25) is 4.79 Å². The van der Waals surface area contributed by atoms with Crippen LogP contribution < -0.4 is 5.73 Å². The van der Waals surface area contributed by atoms with Crippen LogP contribution in [0.2, 0.25) is 0 Å². The molecule has 0 aliphatic carbocycles. The van der Waals surface area contributed by atoms with Gasteiger partial charge in [0, 0.05) is 18.7 Å². The standard InChI is InChI=1S/C20H24N2O3S.ClH/c1-20(14-21)11-12-22(15-20)19(23)18-10-6-5-7-16(18)13-26(24,25)17-8-3-2-4-9-17;/h2-10H,11-15,21H2,1H3;1H. The first-order valence-corrected chi connectivity index (χ1v) is 10.3. The summed E-state index contributed by atoms with van der Waals surface area (Å²) in [5.74, 6) is -0.318. The van der Waals surface area contributed by atoms with Crippen LogP contribution in [0.25, 0.3) is 0 Å². The van der Waals surface area contributed by atoms with Crippen LogP contribution in [0.1, 0.15) is 29.3 Å². The van der Waals surface area contributed by atoms with Crippen LogP contribution in [-0.4, -0.2) is 38.9 Å². The second-order valence-corrected chi connectivity index (χ2v) is 9.21. The maximum Gasteiger partial charge on any atom is 0.254 e. The number of carbonyl (C=O) groups excluding carboxylic acids is 1. The summed E-state index contributed by atoms with van der Waals surface area (Å²) in [6.45, 7) is 3.85. The number of hydrogen-bond donors (Lipinski definition) is 1. The lowest BCUT2D eigenvalue weighted by atomic mass is 9.90. The quantitative estimate of drug-likeness (QED) is 0.824. The lowest BCUT2D eigenvalue weighted by Gasteiger charge is -2.23. The zero-order valence-corrected chi connectivity index (χ0v) is 16.9. The SMILES string of the molecule is CC1(CN)CCN(C(=O)c2ccccc2CS(=O)(=O)c2ccccc2)C1.Cl. The van der Waals surface area contributed by atoms with Gasteiger partial charge in [0.25, 0.3) is 5.91 Å². The molecule has 1 saturated heterocycles. The van der Waals surface area contributed by atoms with Crippen LogP contribution in [0.5, 0.6) is 0 Å². The fourth-order valence-electron chi connectivity index (χ4n) is 3.30. The van der Waals surface area contributed by atoms with Gasteiger partial charge in [-0.05, 0) is 42.1 Å². The molecule has 2 N–H and O–H groups in total. The van der Waals surface area contributed by atoms with E-state index in [1.54, 1.807) is 59.5 Å². The van der Waals surface area contributed by atoms with Crippen LogP contribution in [0.15, 0.2) is 59.5 Å². The topological polar surface area (TPSA) is 80.5 Å². The Morgan fingerprint density at radius 1 is 1.11 bits per heavy atom. The number of nitrogens with zero attached hydrogens (tertiary/aromatic N) is 1. The minimum Gasteiger partial charge on any atom is -0.338 e. The van der Waals surface area contributed by atoms with Crippen molar-refractivity contribution in [3.8, 4) is 0 Å². The molecule has 0 radical (unpaired) electrons. The van der Waals surface area contributed by atoms with E-state index in [1.165, 1.54) is 0 Å². The average molecular weight is 409 g/mol. The van der Waals surface area contributed by atoms with Crippen molar-refractivity contribution in [1.29, 1.82) is 0 Å². The van der Waals surface area contributed by atoms with E-state index < -0.39 is 9.84 Å². The van der Waals surface area contributed by atoms with Crippen LogP contribution in [-0.2, 0) is 15.6 Å². The van der Waals surface area contributed by atoms with E-state index in [-0.39, 0.29) is 34.4 Å². The number of rotatable bonds is 5. The molecule has 1 atom stereocenters. The fourth-order valence-corrected chi connectivity index (χ4v) is 4.70. The van der Waals surface area contributed by atoms with Crippen molar-refractivity contribution >= 4 is 28.2 Å². The van der Waals surface area contributed by atoms with Crippen molar-refractivity contribution < 1.29 is 13.2 Å². The number of carbonyl (C=O) groups is 1. The third-order valence-corrected chi connectivity index (χ3v) is 6.71. The summed E-state index contributed by atoms with van der Waals surface area (Å²) in [6.07, 6.45) is 0.861. The van der Waals surface area contributed by atoms with Crippen LogP contribution in [0.4, 0.5) is 0 Å². The predicted molar refractivity (Wildman–Crippen MR) is 109 cm³/mol. The Morgan fingerprint density at radius 3 is 2.37 bits per heavy atom. The Balaban J connectivity index is 0.00000261. The predicted octanol–water partition coefficient (Wildman–Crippen LogP) is 2.89. The van der Waals surface area contributed by atoms with Crippen molar-refractivity contribution in [2.75, 3.05) is 19.6 Å². The Morgan fingerprint density at radius 2 is 1.74 bits per heavy atom. The van der Waals surface area contributed by atoms with Crippen molar-refractivity contribution in [2.45, 2.75) is 24.0 Å². The zero-order chi connectivity index (χ0) is 18.8. The Bertz CT molecular complexity index is 902. The first-order valence-electron chi connectivity index (χ1n) is 8.70. The molecule has 146 valence electrons. The molecule has 2 aromatic rings. The lowest BCUT2D eigenvalue weighted by Crippen LogP contribution is -2.35. The molecule has 1 unspecified atom stereocenters. The fraction of sp³-hybridized carbons (Fsp3) is 0.350. The normalized spacial score (nSPS) is 19.6. The number of hydrogen-bond acceptors (Lipinski definition) is 4. The summed E-state index contributed by atoms with van der Waals surface area (Å²) in [4.78, 5) is 15.0. The molecule has 2 aromatic carbocycles. The second-order valence-electron chi connectivity index (χ2n) is 7.22. The maximum atomic E-state index is 13.0. The molecule has 1 aliphatic heterocycles. The molecule has 1 heterocycles. The van der Waals surface area contributed by atoms with Crippen LogP contribution in [0, 0.1) is 5.41 Å². The first kappa shape index (κ1) is 21.4. The molecule has 3 rings (SSSR count). The first-order chi connectivity index (χ1) is 12.3. The highest BCUT2D eigenvalue weighted by Gasteiger charge is 2.35. The van der Waals surface area contributed by atoms with Crippen molar-refractivity contribution in [3.05, 3.63) is 65.7 Å². The van der Waals surface area contributed by atoms with Gasteiger partial charge in [-0.25, -0.2) is 8.42 Å². The largest absolute Gasteiger partial charge is 0.338 e. The number of likely N-dealkylation sites (tertiary alicyclic amines) is 1. The molecule has 7 heteroatoms. The lowest BCUT2D eigenvalue weighted by molar-refractivity contribution is 0.0776. The van der Waals surface area contributed by atoms with Gasteiger partial charge in [0.05, 0.1) is 10.6 Å². The van der Waals surface area contributed by atoms with Crippen molar-refractivity contribution in [2.24, 2.45) is 11.1 Å². The average Bonchev–Trinajstić information content (AvgIpc) is 3.05. The summed E-state index contributed by atoms with van der Waals surface area (Å²) in [6, 6.07) is 15.3. The van der Waals surface area contributed by atoms with E-state index >= 15 is 0 Å². The monoisotopic (exact) mass is 408 g/mol. The zero-order valence-electron chi connectivity index (χ0n) is 15.3. The number of sulfone groups is 1. The maximum absolute atomic E-state index is 13.0. The summed E-state index contributed by atoms with van der Waals surface area (Å²) >= 11 is 0. The van der Waals surface area contributed by atoms with E-state index in [2.05, 4.69) is 6.92 Å². The van der Waals surface area contributed by atoms with E-state index in [4.69, 9.17) is 5.73 Å². The van der Waals surface area contributed by atoms with Crippen molar-refractivity contribution in [1.82, 2.24) is 4.90 Å². The highest BCUT2D eigenvalue weighted by Crippen LogP contribution is 2.30. The summed E-state index contributed by atoms with van der Waals surface area (Å²) < 4.78 is 25.4. The Kier molecular flexibility index (Phi) is 6.68. The number of nitrogens with two attached hydrogens (primary N) is 1. The van der Waals surface area contributed by atoms with Gasteiger partial charge in [-0.1, -0.05) is 43.3 Å².